The number of aromatic nitrogens is 1. The van der Waals surface area contributed by atoms with E-state index in [0.717, 1.165) is 6.07 Å². The van der Waals surface area contributed by atoms with Crippen LogP contribution in [0.4, 0.5) is 13.2 Å². The number of nitrogens with zero attached hydrogens (tertiary/aromatic N) is 1. The second-order valence-corrected chi connectivity index (χ2v) is 3.00. The lowest BCUT2D eigenvalue weighted by molar-refractivity contribution is -0.275. The highest BCUT2D eigenvalue weighted by Crippen LogP contribution is 2.34. The number of aliphatic hydroxyl groups is 1. The third-order valence-electron chi connectivity index (χ3n) is 1.85. The molecule has 0 aliphatic heterocycles. The average Bonchev–Trinajstić information content (AvgIpc) is 2.25. The number of aliphatic hydroxyl groups excluding tert-OH is 1. The van der Waals surface area contributed by atoms with Crippen molar-refractivity contribution in [3.05, 3.63) is 17.5 Å². The maximum absolute atomic E-state index is 12.1. The van der Waals surface area contributed by atoms with Gasteiger partial charge in [0.15, 0.2) is 11.5 Å². The van der Waals surface area contributed by atoms with Crippen molar-refractivity contribution in [3.63, 3.8) is 0 Å². The summed E-state index contributed by atoms with van der Waals surface area (Å²) in [6.45, 7) is -0.656. The summed E-state index contributed by atoms with van der Waals surface area (Å²) in [6, 6.07) is 0.950. The highest BCUT2D eigenvalue weighted by atomic mass is 19.4. The van der Waals surface area contributed by atoms with E-state index in [-0.39, 0.29) is 23.7 Å². The number of alkyl halides is 3. The molecular formula is C9H11F3N2O3. The number of ether oxygens (including phenoxy) is 2. The fourth-order valence-electron chi connectivity index (χ4n) is 1.25. The summed E-state index contributed by atoms with van der Waals surface area (Å²) in [5, 5.41) is 8.86. The third-order valence-corrected chi connectivity index (χ3v) is 1.85. The van der Waals surface area contributed by atoms with Crippen LogP contribution in [0.1, 0.15) is 11.4 Å². The van der Waals surface area contributed by atoms with Crippen LogP contribution >= 0.6 is 0 Å². The summed E-state index contributed by atoms with van der Waals surface area (Å²) in [5.41, 5.74) is 5.42. The molecule has 0 saturated heterocycles. The summed E-state index contributed by atoms with van der Waals surface area (Å²) in [5.74, 6) is -0.762. The van der Waals surface area contributed by atoms with E-state index in [2.05, 4.69) is 9.72 Å². The molecule has 0 amide bonds. The van der Waals surface area contributed by atoms with Gasteiger partial charge in [0.2, 0.25) is 0 Å². The van der Waals surface area contributed by atoms with E-state index < -0.39 is 18.7 Å². The molecular weight excluding hydrogens is 241 g/mol. The Morgan fingerprint density at radius 1 is 1.47 bits per heavy atom. The highest BCUT2D eigenvalue weighted by Gasteiger charge is 2.33. The Kier molecular flexibility index (Phi) is 4.13. The summed E-state index contributed by atoms with van der Waals surface area (Å²) in [4.78, 5) is 3.82. The minimum atomic E-state index is -4.85. The zero-order valence-electron chi connectivity index (χ0n) is 8.91. The lowest BCUT2D eigenvalue weighted by atomic mass is 10.2. The van der Waals surface area contributed by atoms with Gasteiger partial charge in [-0.25, -0.2) is 4.98 Å². The zero-order valence-corrected chi connectivity index (χ0v) is 8.91. The predicted octanol–water partition coefficient (Wildman–Crippen LogP) is 0.940. The van der Waals surface area contributed by atoms with Gasteiger partial charge in [-0.3, -0.25) is 0 Å². The summed E-state index contributed by atoms with van der Waals surface area (Å²) < 4.78 is 45.0. The average molecular weight is 252 g/mol. The van der Waals surface area contributed by atoms with Gasteiger partial charge in [-0.05, 0) is 0 Å². The quantitative estimate of drug-likeness (QED) is 0.833. The Bertz CT molecular complexity index is 396. The summed E-state index contributed by atoms with van der Waals surface area (Å²) >= 11 is 0. The van der Waals surface area contributed by atoms with Crippen molar-refractivity contribution in [2.75, 3.05) is 7.11 Å². The molecule has 0 aliphatic rings. The SMILES string of the molecule is COc1c(OC(F)(F)F)cc(CO)nc1CN. The fourth-order valence-corrected chi connectivity index (χ4v) is 1.25. The van der Waals surface area contributed by atoms with E-state index in [9.17, 15) is 13.2 Å². The molecule has 0 atom stereocenters. The highest BCUT2D eigenvalue weighted by molar-refractivity contribution is 5.44. The third kappa shape index (κ3) is 3.46. The van der Waals surface area contributed by atoms with Crippen molar-refractivity contribution in [2.24, 2.45) is 5.73 Å². The molecule has 0 aromatic carbocycles. The molecule has 5 nitrogen and oxygen atoms in total. The van der Waals surface area contributed by atoms with Crippen molar-refractivity contribution in [3.8, 4) is 11.5 Å². The minimum Gasteiger partial charge on any atom is -0.491 e. The van der Waals surface area contributed by atoms with Gasteiger partial charge < -0.3 is 20.3 Å². The molecule has 1 heterocycles. The van der Waals surface area contributed by atoms with Crippen LogP contribution in [0.5, 0.6) is 11.5 Å². The Morgan fingerprint density at radius 3 is 2.53 bits per heavy atom. The van der Waals surface area contributed by atoms with Crippen molar-refractivity contribution >= 4 is 0 Å². The van der Waals surface area contributed by atoms with Crippen molar-refractivity contribution in [2.45, 2.75) is 19.5 Å². The van der Waals surface area contributed by atoms with Gasteiger partial charge in [0, 0.05) is 12.6 Å². The molecule has 0 radical (unpaired) electrons. The number of nitrogens with two attached hydrogens (primary N) is 1. The van der Waals surface area contributed by atoms with Crippen molar-refractivity contribution in [1.82, 2.24) is 4.98 Å². The normalized spacial score (nSPS) is 11.4. The van der Waals surface area contributed by atoms with E-state index in [0.29, 0.717) is 0 Å². The smallest absolute Gasteiger partial charge is 0.491 e. The number of pyridine rings is 1. The Morgan fingerprint density at radius 2 is 2.12 bits per heavy atom. The molecule has 0 unspecified atom stereocenters. The van der Waals surface area contributed by atoms with E-state index in [1.165, 1.54) is 7.11 Å². The van der Waals surface area contributed by atoms with Gasteiger partial charge in [0.25, 0.3) is 0 Å². The van der Waals surface area contributed by atoms with Gasteiger partial charge in [0.1, 0.15) is 5.69 Å². The van der Waals surface area contributed by atoms with Crippen LogP contribution in [0.15, 0.2) is 6.07 Å². The molecule has 8 heteroatoms. The van der Waals surface area contributed by atoms with Gasteiger partial charge >= 0.3 is 6.36 Å². The zero-order chi connectivity index (χ0) is 13.1. The molecule has 0 spiro atoms. The van der Waals surface area contributed by atoms with Crippen LogP contribution in [0, 0.1) is 0 Å². The van der Waals surface area contributed by atoms with E-state index in [1.54, 1.807) is 0 Å². The number of halogens is 3. The Balaban J connectivity index is 3.24. The fraction of sp³-hybridized carbons (Fsp3) is 0.444. The van der Waals surface area contributed by atoms with Crippen LogP contribution in [-0.4, -0.2) is 23.6 Å². The maximum atomic E-state index is 12.1. The number of hydrogen-bond acceptors (Lipinski definition) is 5. The monoisotopic (exact) mass is 252 g/mol. The molecule has 1 aromatic heterocycles. The summed E-state index contributed by atoms with van der Waals surface area (Å²) in [6.07, 6.45) is -4.85. The van der Waals surface area contributed by atoms with E-state index in [4.69, 9.17) is 15.6 Å². The number of hydrogen-bond donors (Lipinski definition) is 2. The first-order valence-corrected chi connectivity index (χ1v) is 4.54. The first-order valence-electron chi connectivity index (χ1n) is 4.54. The first kappa shape index (κ1) is 13.5. The predicted molar refractivity (Wildman–Crippen MR) is 51.3 cm³/mol. The first-order chi connectivity index (χ1) is 7.91. The lowest BCUT2D eigenvalue weighted by Gasteiger charge is -2.15. The van der Waals surface area contributed by atoms with Crippen LogP contribution in [0.25, 0.3) is 0 Å². The van der Waals surface area contributed by atoms with Crippen LogP contribution in [-0.2, 0) is 13.2 Å². The molecule has 0 fully saturated rings. The van der Waals surface area contributed by atoms with Crippen LogP contribution in [0.3, 0.4) is 0 Å². The topological polar surface area (TPSA) is 77.6 Å². The van der Waals surface area contributed by atoms with Crippen molar-refractivity contribution < 1.29 is 27.8 Å². The molecule has 3 N–H and O–H groups in total. The molecule has 1 aromatic rings. The molecule has 17 heavy (non-hydrogen) atoms. The second-order valence-electron chi connectivity index (χ2n) is 3.00. The molecule has 96 valence electrons. The van der Waals surface area contributed by atoms with E-state index >= 15 is 0 Å². The Hall–Kier alpha value is -1.54. The summed E-state index contributed by atoms with van der Waals surface area (Å²) in [7, 11) is 1.18. The van der Waals surface area contributed by atoms with Crippen molar-refractivity contribution in [1.29, 1.82) is 0 Å². The minimum absolute atomic E-state index is 0.0190. The van der Waals surface area contributed by atoms with Gasteiger partial charge in [-0.1, -0.05) is 0 Å². The molecule has 0 aliphatic carbocycles. The molecule has 1 rings (SSSR count). The maximum Gasteiger partial charge on any atom is 0.573 e. The molecule has 0 bridgehead atoms. The second kappa shape index (κ2) is 5.19. The number of methoxy groups -OCH3 is 1. The lowest BCUT2D eigenvalue weighted by Crippen LogP contribution is -2.19. The largest absolute Gasteiger partial charge is 0.573 e. The standard InChI is InChI=1S/C9H11F3N2O3/c1-16-8-6(3-13)14-5(4-15)2-7(8)17-9(10,11)12/h2,15H,3-4,13H2,1H3. The van der Waals surface area contributed by atoms with E-state index in [1.807, 2.05) is 0 Å². The van der Waals surface area contributed by atoms with Crippen LogP contribution < -0.4 is 15.2 Å². The number of rotatable bonds is 4. The molecule has 0 saturated carbocycles. The van der Waals surface area contributed by atoms with Crippen LogP contribution in [0.2, 0.25) is 0 Å². The van der Waals surface area contributed by atoms with Gasteiger partial charge in [0.05, 0.1) is 19.4 Å². The Labute approximate surface area is 95.0 Å². The van der Waals surface area contributed by atoms with Gasteiger partial charge in [-0.15, -0.1) is 13.2 Å². The van der Waals surface area contributed by atoms with Gasteiger partial charge in [-0.2, -0.15) is 0 Å².